The van der Waals surface area contributed by atoms with E-state index < -0.39 is 0 Å². The van der Waals surface area contributed by atoms with Gasteiger partial charge in [0.15, 0.2) is 11.0 Å². The quantitative estimate of drug-likeness (QED) is 0.717. The molecule has 0 fully saturated rings. The second kappa shape index (κ2) is 7.69. The van der Waals surface area contributed by atoms with Crippen LogP contribution in [0, 0.1) is 36.5 Å². The van der Waals surface area contributed by atoms with Crippen molar-refractivity contribution in [1.29, 1.82) is 10.5 Å². The van der Waals surface area contributed by atoms with Crippen molar-refractivity contribution >= 4 is 23.1 Å². The van der Waals surface area contributed by atoms with E-state index in [0.717, 1.165) is 11.1 Å². The molecule has 132 valence electrons. The highest BCUT2D eigenvalue weighted by Gasteiger charge is 2.13. The molecule has 0 bridgehead atoms. The summed E-state index contributed by atoms with van der Waals surface area (Å²) in [6.45, 7) is 3.67. The van der Waals surface area contributed by atoms with Gasteiger partial charge < -0.3 is 10.1 Å². The third kappa shape index (κ3) is 4.12. The lowest BCUT2D eigenvalue weighted by molar-refractivity contribution is 0.428. The highest BCUT2D eigenvalue weighted by Crippen LogP contribution is 2.30. The van der Waals surface area contributed by atoms with Gasteiger partial charge in [0.25, 0.3) is 0 Å². The minimum Gasteiger partial charge on any atom is -0.423 e. The highest BCUT2D eigenvalue weighted by molar-refractivity contribution is 6.31. The maximum absolute atomic E-state index is 9.04. The maximum Gasteiger partial charge on any atom is 0.343 e. The summed E-state index contributed by atoms with van der Waals surface area (Å²) in [5.41, 5.74) is 3.35. The molecule has 1 heterocycles. The number of benzene rings is 2. The van der Waals surface area contributed by atoms with Crippen LogP contribution in [-0.4, -0.2) is 15.2 Å². The summed E-state index contributed by atoms with van der Waals surface area (Å²) in [4.78, 5) is 4.26. The van der Waals surface area contributed by atoms with Gasteiger partial charge in [-0.2, -0.15) is 15.5 Å². The fraction of sp³-hybridized carbons (Fsp3) is 0.105. The van der Waals surface area contributed by atoms with E-state index in [0.29, 0.717) is 22.6 Å². The first-order valence-electron chi connectivity index (χ1n) is 7.86. The summed E-state index contributed by atoms with van der Waals surface area (Å²) in [5.74, 6) is 0.831. The van der Waals surface area contributed by atoms with Crippen molar-refractivity contribution in [2.24, 2.45) is 0 Å². The molecule has 1 N–H and O–H groups in total. The van der Waals surface area contributed by atoms with E-state index in [4.69, 9.17) is 26.9 Å². The summed E-state index contributed by atoms with van der Waals surface area (Å²) >= 11 is 6.07. The Morgan fingerprint density at radius 1 is 0.963 bits per heavy atom. The lowest BCUT2D eigenvalue weighted by Gasteiger charge is -2.12. The largest absolute Gasteiger partial charge is 0.423 e. The van der Waals surface area contributed by atoms with E-state index in [1.807, 2.05) is 13.8 Å². The Morgan fingerprint density at radius 3 is 2.19 bits per heavy atom. The molecule has 0 atom stereocenters. The number of nitrogens with one attached hydrogen (secondary N) is 1. The average molecular weight is 377 g/mol. The van der Waals surface area contributed by atoms with E-state index in [2.05, 4.69) is 32.6 Å². The van der Waals surface area contributed by atoms with Gasteiger partial charge in [-0.3, -0.25) is 0 Å². The Kier molecular flexibility index (Phi) is 5.16. The van der Waals surface area contributed by atoms with Crippen LogP contribution in [-0.2, 0) is 0 Å². The van der Waals surface area contributed by atoms with Gasteiger partial charge in [-0.25, -0.2) is 0 Å². The molecule has 0 spiro atoms. The minimum atomic E-state index is 0.0199. The maximum atomic E-state index is 9.04. The molecule has 0 saturated carbocycles. The lowest BCUT2D eigenvalue weighted by Crippen LogP contribution is -2.02. The molecule has 0 unspecified atom stereocenters. The van der Waals surface area contributed by atoms with Gasteiger partial charge in [-0.05, 0) is 61.4 Å². The molecule has 0 aliphatic rings. The van der Waals surface area contributed by atoms with Gasteiger partial charge in [-0.15, -0.1) is 5.10 Å². The number of hydrogen-bond acceptors (Lipinski definition) is 7. The van der Waals surface area contributed by atoms with Gasteiger partial charge in [0.2, 0.25) is 0 Å². The molecule has 0 saturated heterocycles. The second-order valence-corrected chi connectivity index (χ2v) is 6.06. The number of halogens is 1. The van der Waals surface area contributed by atoms with Crippen LogP contribution in [0.3, 0.4) is 0 Å². The summed E-state index contributed by atoms with van der Waals surface area (Å²) in [7, 11) is 0. The topological polar surface area (TPSA) is 108 Å². The third-order valence-electron chi connectivity index (χ3n) is 3.69. The average Bonchev–Trinajstić information content (AvgIpc) is 2.67. The number of nitriles is 2. The molecule has 7 nitrogen and oxygen atoms in total. The third-order valence-corrected chi connectivity index (χ3v) is 3.94. The monoisotopic (exact) mass is 376 g/mol. The number of ether oxygens (including phenoxy) is 1. The molecule has 0 radical (unpaired) electrons. The Hall–Kier alpha value is -3.68. The minimum absolute atomic E-state index is 0.0199. The Labute approximate surface area is 160 Å². The lowest BCUT2D eigenvalue weighted by atomic mass is 10.1. The van der Waals surface area contributed by atoms with Gasteiger partial charge in [0.05, 0.1) is 23.3 Å². The van der Waals surface area contributed by atoms with E-state index in [-0.39, 0.29) is 17.0 Å². The Balaban J connectivity index is 1.87. The zero-order valence-electron chi connectivity index (χ0n) is 14.5. The first-order chi connectivity index (χ1) is 13.0. The van der Waals surface area contributed by atoms with Gasteiger partial charge in [-0.1, -0.05) is 16.7 Å². The molecule has 27 heavy (non-hydrogen) atoms. The second-order valence-electron chi connectivity index (χ2n) is 5.70. The predicted octanol–water partition coefficient (Wildman–Crippen LogP) is 4.42. The van der Waals surface area contributed by atoms with E-state index in [9.17, 15) is 0 Å². The van der Waals surface area contributed by atoms with Crippen molar-refractivity contribution in [3.63, 3.8) is 0 Å². The zero-order chi connectivity index (χ0) is 19.4. The predicted molar refractivity (Wildman–Crippen MR) is 100.0 cm³/mol. The number of nitrogens with zero attached hydrogens (tertiary/aromatic N) is 5. The van der Waals surface area contributed by atoms with Crippen molar-refractivity contribution in [2.75, 3.05) is 5.32 Å². The van der Waals surface area contributed by atoms with Crippen LogP contribution >= 0.6 is 11.6 Å². The van der Waals surface area contributed by atoms with Crippen LogP contribution in [0.4, 0.5) is 11.5 Å². The van der Waals surface area contributed by atoms with Gasteiger partial charge >= 0.3 is 6.01 Å². The Bertz CT molecular complexity index is 1060. The van der Waals surface area contributed by atoms with Crippen LogP contribution in [0.15, 0.2) is 36.4 Å². The van der Waals surface area contributed by atoms with Crippen molar-refractivity contribution in [3.8, 4) is 23.9 Å². The standard InChI is InChI=1S/C19H13ClN6O/c1-11-7-14(10-22)8-12(2)16(11)27-19-24-18(17(20)25-26-19)23-15-5-3-13(9-21)4-6-15/h3-8H,1-2H3,(H,23,24,26). The van der Waals surface area contributed by atoms with Gasteiger partial charge in [0, 0.05) is 5.69 Å². The van der Waals surface area contributed by atoms with Crippen molar-refractivity contribution in [3.05, 3.63) is 63.8 Å². The summed E-state index contributed by atoms with van der Waals surface area (Å²) in [6.07, 6.45) is 0. The van der Waals surface area contributed by atoms with Gasteiger partial charge in [0.1, 0.15) is 5.75 Å². The summed E-state index contributed by atoms with van der Waals surface area (Å²) in [6, 6.07) is 14.4. The molecular formula is C19H13ClN6O. The van der Waals surface area contributed by atoms with Crippen LogP contribution in [0.1, 0.15) is 22.3 Å². The molecule has 8 heteroatoms. The van der Waals surface area contributed by atoms with Crippen LogP contribution in [0.25, 0.3) is 0 Å². The molecular weight excluding hydrogens is 364 g/mol. The van der Waals surface area contributed by atoms with E-state index in [1.54, 1.807) is 36.4 Å². The fourth-order valence-electron chi connectivity index (χ4n) is 2.45. The normalized spacial score (nSPS) is 9.96. The van der Waals surface area contributed by atoms with E-state index in [1.165, 1.54) is 0 Å². The number of anilines is 2. The fourth-order valence-corrected chi connectivity index (χ4v) is 2.58. The SMILES string of the molecule is Cc1cc(C#N)cc(C)c1Oc1nnc(Cl)c(Nc2ccc(C#N)cc2)n1. The first-order valence-corrected chi connectivity index (χ1v) is 8.24. The summed E-state index contributed by atoms with van der Waals surface area (Å²) in [5, 5.41) is 28.7. The van der Waals surface area contributed by atoms with E-state index >= 15 is 0 Å². The molecule has 3 aromatic rings. The van der Waals surface area contributed by atoms with Crippen LogP contribution in [0.2, 0.25) is 5.15 Å². The molecule has 1 aromatic heterocycles. The number of hydrogen-bond donors (Lipinski definition) is 1. The smallest absolute Gasteiger partial charge is 0.343 e. The first kappa shape index (κ1) is 18.1. The summed E-state index contributed by atoms with van der Waals surface area (Å²) < 4.78 is 5.77. The molecule has 0 amide bonds. The number of aromatic nitrogens is 3. The van der Waals surface area contributed by atoms with Crippen LogP contribution in [0.5, 0.6) is 11.8 Å². The van der Waals surface area contributed by atoms with Crippen molar-refractivity contribution in [1.82, 2.24) is 15.2 Å². The number of aryl methyl sites for hydroxylation is 2. The molecule has 2 aromatic carbocycles. The molecule has 0 aliphatic carbocycles. The van der Waals surface area contributed by atoms with Crippen LogP contribution < -0.4 is 10.1 Å². The van der Waals surface area contributed by atoms with Crippen molar-refractivity contribution in [2.45, 2.75) is 13.8 Å². The highest BCUT2D eigenvalue weighted by atomic mass is 35.5. The zero-order valence-corrected chi connectivity index (χ0v) is 15.2. The molecule has 0 aliphatic heterocycles. The number of rotatable bonds is 4. The Morgan fingerprint density at radius 2 is 1.59 bits per heavy atom. The van der Waals surface area contributed by atoms with Crippen molar-refractivity contribution < 1.29 is 4.74 Å². The molecule has 3 rings (SSSR count).